The third kappa shape index (κ3) is 3.06. The summed E-state index contributed by atoms with van der Waals surface area (Å²) >= 11 is 0. The van der Waals surface area contributed by atoms with E-state index in [1.54, 1.807) is 7.11 Å². The number of hydrogen-bond acceptors (Lipinski definition) is 4. The van der Waals surface area contributed by atoms with Gasteiger partial charge in [-0.1, -0.05) is 6.07 Å². The van der Waals surface area contributed by atoms with Crippen molar-refractivity contribution in [3.8, 4) is 5.75 Å². The van der Waals surface area contributed by atoms with E-state index < -0.39 is 0 Å². The number of esters is 1. The fraction of sp³-hybridized carbons (Fsp3) is 0.385. The van der Waals surface area contributed by atoms with Crippen LogP contribution in [0.15, 0.2) is 29.3 Å². The second-order valence-electron chi connectivity index (χ2n) is 4.06. The van der Waals surface area contributed by atoms with E-state index in [9.17, 15) is 4.79 Å². The summed E-state index contributed by atoms with van der Waals surface area (Å²) in [5, 5.41) is 0. The number of cyclic esters (lactones) is 1. The quantitative estimate of drug-likeness (QED) is 0.737. The van der Waals surface area contributed by atoms with Gasteiger partial charge in [-0.05, 0) is 19.1 Å². The maximum atomic E-state index is 11.3. The van der Waals surface area contributed by atoms with Crippen LogP contribution in [0.1, 0.15) is 19.8 Å². The Morgan fingerprint density at radius 1 is 1.47 bits per heavy atom. The lowest BCUT2D eigenvalue weighted by atomic mass is 10.1. The van der Waals surface area contributed by atoms with E-state index in [1.807, 2.05) is 31.2 Å². The number of carbonyl (C=O) groups is 1. The Bertz CT molecular complexity index is 454. The molecule has 0 radical (unpaired) electrons. The molecule has 0 aliphatic carbocycles. The topological polar surface area (TPSA) is 47.9 Å². The highest BCUT2D eigenvalue weighted by Crippen LogP contribution is 2.22. The molecule has 1 aromatic carbocycles. The molecule has 1 aromatic rings. The van der Waals surface area contributed by atoms with Crippen molar-refractivity contribution in [3.05, 3.63) is 24.3 Å². The van der Waals surface area contributed by atoms with Crippen molar-refractivity contribution in [2.24, 2.45) is 4.99 Å². The first-order chi connectivity index (χ1) is 8.17. The molecule has 1 aliphatic heterocycles. The van der Waals surface area contributed by atoms with Gasteiger partial charge in [-0.15, -0.1) is 0 Å². The Morgan fingerprint density at radius 3 is 3.00 bits per heavy atom. The molecular formula is C13H15NO3. The van der Waals surface area contributed by atoms with Gasteiger partial charge in [0.15, 0.2) is 0 Å². The molecule has 1 unspecified atom stereocenters. The molecule has 0 bridgehead atoms. The average molecular weight is 233 g/mol. The monoisotopic (exact) mass is 233 g/mol. The summed E-state index contributed by atoms with van der Waals surface area (Å²) in [6, 6.07) is 7.47. The van der Waals surface area contributed by atoms with Crippen LogP contribution in [-0.4, -0.2) is 24.9 Å². The largest absolute Gasteiger partial charge is 0.497 e. The van der Waals surface area contributed by atoms with Crippen molar-refractivity contribution in [2.75, 3.05) is 7.11 Å². The molecule has 1 heterocycles. The zero-order chi connectivity index (χ0) is 12.3. The van der Waals surface area contributed by atoms with E-state index in [4.69, 9.17) is 9.47 Å². The fourth-order valence-corrected chi connectivity index (χ4v) is 1.83. The molecule has 0 amide bonds. The number of hydrogen-bond donors (Lipinski definition) is 0. The molecule has 0 aromatic heterocycles. The van der Waals surface area contributed by atoms with E-state index in [1.165, 1.54) is 0 Å². The summed E-state index contributed by atoms with van der Waals surface area (Å²) in [5.74, 6) is 0.559. The molecule has 2 rings (SSSR count). The Kier molecular flexibility index (Phi) is 3.42. The molecule has 90 valence electrons. The summed E-state index contributed by atoms with van der Waals surface area (Å²) in [7, 11) is 1.62. The molecule has 17 heavy (non-hydrogen) atoms. The van der Waals surface area contributed by atoms with Crippen LogP contribution >= 0.6 is 0 Å². The maximum absolute atomic E-state index is 11.3. The van der Waals surface area contributed by atoms with E-state index in [0.717, 1.165) is 17.1 Å². The molecule has 0 saturated carbocycles. The maximum Gasteiger partial charge on any atom is 0.311 e. The van der Waals surface area contributed by atoms with Crippen LogP contribution in [-0.2, 0) is 9.53 Å². The van der Waals surface area contributed by atoms with E-state index in [0.29, 0.717) is 6.42 Å². The summed E-state index contributed by atoms with van der Waals surface area (Å²) in [6.45, 7) is 1.87. The van der Waals surface area contributed by atoms with Crippen molar-refractivity contribution < 1.29 is 14.3 Å². The van der Waals surface area contributed by atoms with Crippen molar-refractivity contribution in [3.63, 3.8) is 0 Å². The number of benzene rings is 1. The van der Waals surface area contributed by atoms with Crippen LogP contribution in [0.2, 0.25) is 0 Å². The van der Waals surface area contributed by atoms with Crippen molar-refractivity contribution in [1.29, 1.82) is 0 Å². The SMILES string of the molecule is COc1cccc(N=C2CC(=O)OC(C)C2)c1. The van der Waals surface area contributed by atoms with Gasteiger partial charge in [0.2, 0.25) is 0 Å². The number of aliphatic imine (C=N–C) groups is 1. The van der Waals surface area contributed by atoms with Crippen LogP contribution in [0.25, 0.3) is 0 Å². The normalized spacial score (nSPS) is 22.4. The molecule has 1 fully saturated rings. The average Bonchev–Trinajstić information content (AvgIpc) is 2.28. The fourth-order valence-electron chi connectivity index (χ4n) is 1.83. The molecule has 0 N–H and O–H groups in total. The Hall–Kier alpha value is -1.84. The molecule has 4 heteroatoms. The van der Waals surface area contributed by atoms with Crippen LogP contribution < -0.4 is 4.74 Å². The van der Waals surface area contributed by atoms with Gasteiger partial charge in [-0.2, -0.15) is 0 Å². The molecule has 1 atom stereocenters. The summed E-state index contributed by atoms with van der Waals surface area (Å²) in [5.41, 5.74) is 1.67. The van der Waals surface area contributed by atoms with Crippen LogP contribution in [0.5, 0.6) is 5.75 Å². The summed E-state index contributed by atoms with van der Waals surface area (Å²) < 4.78 is 10.2. The molecule has 0 spiro atoms. The van der Waals surface area contributed by atoms with Gasteiger partial charge >= 0.3 is 5.97 Å². The lowest BCUT2D eigenvalue weighted by molar-refractivity contribution is -0.147. The van der Waals surface area contributed by atoms with Crippen molar-refractivity contribution in [2.45, 2.75) is 25.9 Å². The molecule has 1 saturated heterocycles. The first kappa shape index (κ1) is 11.6. The van der Waals surface area contributed by atoms with Gasteiger partial charge in [0.05, 0.1) is 19.2 Å². The first-order valence-corrected chi connectivity index (χ1v) is 5.57. The summed E-state index contributed by atoms with van der Waals surface area (Å²) in [6.07, 6.45) is 0.894. The first-order valence-electron chi connectivity index (χ1n) is 5.57. The highest BCUT2D eigenvalue weighted by Gasteiger charge is 2.21. The van der Waals surface area contributed by atoms with Gasteiger partial charge in [0.25, 0.3) is 0 Å². The van der Waals surface area contributed by atoms with E-state index >= 15 is 0 Å². The number of rotatable bonds is 2. The van der Waals surface area contributed by atoms with Gasteiger partial charge < -0.3 is 9.47 Å². The second-order valence-corrected chi connectivity index (χ2v) is 4.06. The Morgan fingerprint density at radius 2 is 2.29 bits per heavy atom. The molecular weight excluding hydrogens is 218 g/mol. The van der Waals surface area contributed by atoms with Crippen molar-refractivity contribution >= 4 is 17.4 Å². The third-order valence-electron chi connectivity index (χ3n) is 2.54. The zero-order valence-electron chi connectivity index (χ0n) is 9.97. The van der Waals surface area contributed by atoms with Crippen molar-refractivity contribution in [1.82, 2.24) is 0 Å². The number of methoxy groups -OCH3 is 1. The van der Waals surface area contributed by atoms with E-state index in [-0.39, 0.29) is 18.5 Å². The number of nitrogens with zero attached hydrogens (tertiary/aromatic N) is 1. The highest BCUT2D eigenvalue weighted by molar-refractivity contribution is 6.02. The van der Waals surface area contributed by atoms with Crippen LogP contribution in [0.3, 0.4) is 0 Å². The Labute approximate surface area is 100 Å². The third-order valence-corrected chi connectivity index (χ3v) is 2.54. The van der Waals surface area contributed by atoms with Gasteiger partial charge in [0.1, 0.15) is 11.9 Å². The minimum atomic E-state index is -0.203. The number of ether oxygens (including phenoxy) is 2. The zero-order valence-corrected chi connectivity index (χ0v) is 9.97. The lowest BCUT2D eigenvalue weighted by Gasteiger charge is -2.20. The predicted octanol–water partition coefficient (Wildman–Crippen LogP) is 2.49. The Balaban J connectivity index is 2.19. The molecule has 4 nitrogen and oxygen atoms in total. The standard InChI is InChI=1S/C13H15NO3/c1-9-6-11(8-13(15)17-9)14-10-4-3-5-12(7-10)16-2/h3-5,7,9H,6,8H2,1-2H3. The molecule has 1 aliphatic rings. The lowest BCUT2D eigenvalue weighted by Crippen LogP contribution is -2.27. The van der Waals surface area contributed by atoms with E-state index in [2.05, 4.69) is 4.99 Å². The van der Waals surface area contributed by atoms with Gasteiger partial charge in [-0.25, -0.2) is 0 Å². The van der Waals surface area contributed by atoms with Crippen LogP contribution in [0.4, 0.5) is 5.69 Å². The number of carbonyl (C=O) groups excluding carboxylic acids is 1. The second kappa shape index (κ2) is 4.99. The van der Waals surface area contributed by atoms with Gasteiger partial charge in [-0.3, -0.25) is 9.79 Å². The van der Waals surface area contributed by atoms with Gasteiger partial charge in [0, 0.05) is 18.2 Å². The minimum absolute atomic E-state index is 0.0828. The minimum Gasteiger partial charge on any atom is -0.497 e. The summed E-state index contributed by atoms with van der Waals surface area (Å²) in [4.78, 5) is 15.7. The van der Waals surface area contributed by atoms with Crippen LogP contribution in [0, 0.1) is 0 Å². The smallest absolute Gasteiger partial charge is 0.311 e. The highest BCUT2D eigenvalue weighted by atomic mass is 16.5. The predicted molar refractivity (Wildman–Crippen MR) is 64.9 cm³/mol.